The van der Waals surface area contributed by atoms with Gasteiger partial charge < -0.3 is 14.6 Å². The van der Waals surface area contributed by atoms with Gasteiger partial charge in [0.05, 0.1) is 19.1 Å². The van der Waals surface area contributed by atoms with E-state index >= 15 is 0 Å². The fourth-order valence-electron chi connectivity index (χ4n) is 1.63. The van der Waals surface area contributed by atoms with Gasteiger partial charge in [-0.3, -0.25) is 4.79 Å². The number of esters is 1. The topological polar surface area (TPSA) is 55.8 Å². The van der Waals surface area contributed by atoms with Gasteiger partial charge in [0.1, 0.15) is 12.4 Å². The van der Waals surface area contributed by atoms with Crippen LogP contribution in [0.4, 0.5) is 0 Å². The molecule has 100 valence electrons. The molecule has 4 nitrogen and oxygen atoms in total. The van der Waals surface area contributed by atoms with Crippen molar-refractivity contribution in [2.75, 3.05) is 13.7 Å². The van der Waals surface area contributed by atoms with Crippen molar-refractivity contribution in [1.29, 1.82) is 0 Å². The van der Waals surface area contributed by atoms with Crippen LogP contribution in [-0.2, 0) is 16.1 Å². The lowest BCUT2D eigenvalue weighted by molar-refractivity contribution is -0.152. The third kappa shape index (κ3) is 3.23. The van der Waals surface area contributed by atoms with Gasteiger partial charge in [-0.15, -0.1) is 0 Å². The maximum atomic E-state index is 11.5. The largest absolute Gasteiger partial charge is 0.492 e. The molecular weight excluding hydrogens is 232 g/mol. The van der Waals surface area contributed by atoms with E-state index in [9.17, 15) is 9.90 Å². The molecule has 18 heavy (non-hydrogen) atoms. The van der Waals surface area contributed by atoms with Crippen LogP contribution in [0, 0.1) is 12.3 Å². The second kappa shape index (κ2) is 5.87. The molecule has 1 rings (SSSR count). The van der Waals surface area contributed by atoms with Gasteiger partial charge in [-0.1, -0.05) is 18.2 Å². The Labute approximate surface area is 108 Å². The Morgan fingerprint density at radius 1 is 1.39 bits per heavy atom. The highest BCUT2D eigenvalue weighted by atomic mass is 16.5. The quantitative estimate of drug-likeness (QED) is 0.815. The lowest BCUT2D eigenvalue weighted by Crippen LogP contribution is -2.32. The number of para-hydroxylation sites is 1. The molecule has 0 aliphatic rings. The number of carbonyl (C=O) groups excluding carboxylic acids is 1. The van der Waals surface area contributed by atoms with E-state index in [0.717, 1.165) is 11.1 Å². The van der Waals surface area contributed by atoms with Crippen molar-refractivity contribution in [3.63, 3.8) is 0 Å². The molecule has 0 unspecified atom stereocenters. The molecule has 1 aromatic rings. The molecule has 1 N–H and O–H groups in total. The molecule has 0 amide bonds. The summed E-state index contributed by atoms with van der Waals surface area (Å²) in [6.07, 6.45) is 0. The number of methoxy groups -OCH3 is 1. The van der Waals surface area contributed by atoms with Crippen molar-refractivity contribution in [3.05, 3.63) is 29.3 Å². The number of aliphatic hydroxyl groups is 1. The van der Waals surface area contributed by atoms with Gasteiger partial charge in [-0.25, -0.2) is 0 Å². The molecule has 0 saturated heterocycles. The molecule has 0 aromatic heterocycles. The zero-order valence-corrected chi connectivity index (χ0v) is 11.3. The predicted molar refractivity (Wildman–Crippen MR) is 68.4 cm³/mol. The molecule has 1 aromatic carbocycles. The molecule has 0 heterocycles. The number of rotatable bonds is 5. The molecule has 0 aliphatic heterocycles. The first kappa shape index (κ1) is 14.5. The van der Waals surface area contributed by atoms with Crippen LogP contribution in [0.3, 0.4) is 0 Å². The van der Waals surface area contributed by atoms with Crippen LogP contribution in [0.15, 0.2) is 18.2 Å². The Hall–Kier alpha value is -1.55. The third-order valence-corrected chi connectivity index (χ3v) is 2.78. The average molecular weight is 252 g/mol. The van der Waals surface area contributed by atoms with E-state index in [1.165, 1.54) is 7.11 Å². The first-order valence-corrected chi connectivity index (χ1v) is 5.83. The molecule has 0 spiro atoms. The van der Waals surface area contributed by atoms with E-state index in [4.69, 9.17) is 9.47 Å². The number of aryl methyl sites for hydroxylation is 1. The van der Waals surface area contributed by atoms with Crippen LogP contribution in [0.2, 0.25) is 0 Å². The lowest BCUT2D eigenvalue weighted by Gasteiger charge is -2.23. The highest BCUT2D eigenvalue weighted by Gasteiger charge is 2.30. The summed E-state index contributed by atoms with van der Waals surface area (Å²) in [7, 11) is 1.36. The molecule has 0 aliphatic carbocycles. The summed E-state index contributed by atoms with van der Waals surface area (Å²) in [6.45, 7) is 5.54. The maximum Gasteiger partial charge on any atom is 0.314 e. The van der Waals surface area contributed by atoms with Crippen molar-refractivity contribution in [2.24, 2.45) is 5.41 Å². The summed E-state index contributed by atoms with van der Waals surface area (Å²) in [6, 6.07) is 5.56. The van der Waals surface area contributed by atoms with E-state index in [1.807, 2.05) is 19.1 Å². The first-order valence-electron chi connectivity index (χ1n) is 5.83. The third-order valence-electron chi connectivity index (χ3n) is 2.78. The van der Waals surface area contributed by atoms with E-state index in [-0.39, 0.29) is 19.2 Å². The molecule has 0 fully saturated rings. The fourth-order valence-corrected chi connectivity index (χ4v) is 1.63. The van der Waals surface area contributed by atoms with Crippen LogP contribution < -0.4 is 4.74 Å². The minimum atomic E-state index is -0.718. The van der Waals surface area contributed by atoms with Crippen LogP contribution >= 0.6 is 0 Å². The average Bonchev–Trinajstić information content (AvgIpc) is 2.35. The standard InChI is InChI=1S/C14H20O4/c1-10-6-5-7-11(8-15)12(10)18-9-14(2,3)13(16)17-4/h5-7,15H,8-9H2,1-4H3. The highest BCUT2D eigenvalue weighted by molar-refractivity contribution is 5.75. The van der Waals surface area contributed by atoms with Crippen LogP contribution in [0.25, 0.3) is 0 Å². The second-order valence-corrected chi connectivity index (χ2v) is 4.89. The van der Waals surface area contributed by atoms with Crippen LogP contribution in [0.5, 0.6) is 5.75 Å². The summed E-state index contributed by atoms with van der Waals surface area (Å²) in [5.74, 6) is 0.318. The summed E-state index contributed by atoms with van der Waals surface area (Å²) in [5, 5.41) is 9.26. The first-order chi connectivity index (χ1) is 8.42. The maximum absolute atomic E-state index is 11.5. The van der Waals surface area contributed by atoms with Gasteiger partial charge in [-0.05, 0) is 26.3 Å². The Morgan fingerprint density at radius 3 is 2.61 bits per heavy atom. The number of aliphatic hydroxyl groups excluding tert-OH is 1. The highest BCUT2D eigenvalue weighted by Crippen LogP contribution is 2.26. The SMILES string of the molecule is COC(=O)C(C)(C)COc1c(C)cccc1CO. The van der Waals surface area contributed by atoms with E-state index < -0.39 is 5.41 Å². The number of hydrogen-bond acceptors (Lipinski definition) is 4. The van der Waals surface area contributed by atoms with Gasteiger partial charge in [0.25, 0.3) is 0 Å². The van der Waals surface area contributed by atoms with Crippen molar-refractivity contribution >= 4 is 5.97 Å². The van der Waals surface area contributed by atoms with E-state index in [1.54, 1.807) is 19.9 Å². The lowest BCUT2D eigenvalue weighted by atomic mass is 9.95. The summed E-state index contributed by atoms with van der Waals surface area (Å²) in [5.41, 5.74) is 0.932. The summed E-state index contributed by atoms with van der Waals surface area (Å²) >= 11 is 0. The molecular formula is C14H20O4. The van der Waals surface area contributed by atoms with Gasteiger partial charge in [0.2, 0.25) is 0 Å². The van der Waals surface area contributed by atoms with Crippen molar-refractivity contribution in [1.82, 2.24) is 0 Å². The monoisotopic (exact) mass is 252 g/mol. The van der Waals surface area contributed by atoms with E-state index in [0.29, 0.717) is 5.75 Å². The smallest absolute Gasteiger partial charge is 0.314 e. The number of hydrogen-bond donors (Lipinski definition) is 1. The van der Waals surface area contributed by atoms with Crippen LogP contribution in [0.1, 0.15) is 25.0 Å². The Morgan fingerprint density at radius 2 is 2.06 bits per heavy atom. The van der Waals surface area contributed by atoms with Gasteiger partial charge in [0, 0.05) is 5.56 Å². The van der Waals surface area contributed by atoms with Gasteiger partial charge in [0.15, 0.2) is 0 Å². The molecule has 0 saturated carbocycles. The Bertz CT molecular complexity index is 424. The molecule has 4 heteroatoms. The van der Waals surface area contributed by atoms with Gasteiger partial charge in [-0.2, -0.15) is 0 Å². The zero-order valence-electron chi connectivity index (χ0n) is 11.3. The number of benzene rings is 1. The van der Waals surface area contributed by atoms with Crippen molar-refractivity contribution < 1.29 is 19.4 Å². The van der Waals surface area contributed by atoms with Gasteiger partial charge >= 0.3 is 5.97 Å². The van der Waals surface area contributed by atoms with Crippen molar-refractivity contribution in [2.45, 2.75) is 27.4 Å². The minimum Gasteiger partial charge on any atom is -0.492 e. The minimum absolute atomic E-state index is 0.0876. The summed E-state index contributed by atoms with van der Waals surface area (Å²) in [4.78, 5) is 11.5. The Balaban J connectivity index is 2.83. The predicted octanol–water partition coefficient (Wildman–Crippen LogP) is 2.07. The summed E-state index contributed by atoms with van der Waals surface area (Å²) < 4.78 is 10.4. The Kier molecular flexibility index (Phi) is 4.73. The second-order valence-electron chi connectivity index (χ2n) is 4.89. The molecule has 0 bridgehead atoms. The normalized spacial score (nSPS) is 11.2. The van der Waals surface area contributed by atoms with Crippen LogP contribution in [-0.4, -0.2) is 24.8 Å². The zero-order chi connectivity index (χ0) is 13.8. The van der Waals surface area contributed by atoms with E-state index in [2.05, 4.69) is 0 Å². The molecule has 0 atom stereocenters. The number of ether oxygens (including phenoxy) is 2. The molecule has 0 radical (unpaired) electrons. The fraction of sp³-hybridized carbons (Fsp3) is 0.500. The number of carbonyl (C=O) groups is 1. The van der Waals surface area contributed by atoms with Crippen molar-refractivity contribution in [3.8, 4) is 5.75 Å².